The molecule has 0 atom stereocenters. The van der Waals surface area contributed by atoms with Crippen LogP contribution in [0.3, 0.4) is 0 Å². The topological polar surface area (TPSA) is 39.7 Å². The molecule has 2 fully saturated rings. The van der Waals surface area contributed by atoms with E-state index in [1.54, 1.807) is 0 Å². The first kappa shape index (κ1) is 10.4. The number of hydrogen-bond donors (Lipinski definition) is 1. The maximum Gasteiger partial charge on any atom is 0.168 e. The molecule has 0 aromatic heterocycles. The fourth-order valence-corrected chi connectivity index (χ4v) is 2.16. The summed E-state index contributed by atoms with van der Waals surface area (Å²) in [5, 5.41) is 0. The molecule has 0 amide bonds. The molecule has 0 unspecified atom stereocenters. The van der Waals surface area contributed by atoms with E-state index in [2.05, 4.69) is 5.48 Å². The lowest BCUT2D eigenvalue weighted by atomic mass is 9.90. The van der Waals surface area contributed by atoms with Crippen LogP contribution in [0, 0.1) is 0 Å². The molecule has 1 aliphatic carbocycles. The molecule has 1 saturated carbocycles. The SMILES string of the molecule is CCONC1CCC2(CC1)OCCO2. The van der Waals surface area contributed by atoms with Gasteiger partial charge in [0.05, 0.1) is 19.8 Å². The second-order valence-corrected chi connectivity index (χ2v) is 3.93. The van der Waals surface area contributed by atoms with Crippen molar-refractivity contribution in [3.63, 3.8) is 0 Å². The van der Waals surface area contributed by atoms with E-state index in [-0.39, 0.29) is 5.79 Å². The van der Waals surface area contributed by atoms with Gasteiger partial charge in [-0.05, 0) is 19.8 Å². The van der Waals surface area contributed by atoms with E-state index in [0.717, 1.165) is 38.9 Å². The molecule has 1 spiro atoms. The third kappa shape index (κ3) is 2.25. The molecule has 0 aromatic rings. The molecule has 1 N–H and O–H groups in total. The molecule has 0 radical (unpaired) electrons. The molecule has 2 rings (SSSR count). The van der Waals surface area contributed by atoms with Crippen LogP contribution in [-0.4, -0.2) is 31.6 Å². The van der Waals surface area contributed by atoms with Crippen LogP contribution in [0.25, 0.3) is 0 Å². The van der Waals surface area contributed by atoms with Crippen molar-refractivity contribution >= 4 is 0 Å². The van der Waals surface area contributed by atoms with Crippen LogP contribution in [0.1, 0.15) is 32.6 Å². The first-order chi connectivity index (χ1) is 6.85. The normalized spacial score (nSPS) is 27.2. The molecule has 1 saturated heterocycles. The van der Waals surface area contributed by atoms with E-state index in [9.17, 15) is 0 Å². The standard InChI is InChI=1S/C10H19NO3/c1-2-14-11-9-3-5-10(6-4-9)12-7-8-13-10/h9,11H,2-8H2,1H3. The van der Waals surface area contributed by atoms with Crippen molar-refractivity contribution in [3.05, 3.63) is 0 Å². The summed E-state index contributed by atoms with van der Waals surface area (Å²) in [7, 11) is 0. The number of hydroxylamine groups is 1. The van der Waals surface area contributed by atoms with Crippen molar-refractivity contribution in [2.45, 2.75) is 44.4 Å². The number of rotatable bonds is 3. The van der Waals surface area contributed by atoms with Crippen LogP contribution in [0.4, 0.5) is 0 Å². The van der Waals surface area contributed by atoms with Gasteiger partial charge < -0.3 is 14.3 Å². The van der Waals surface area contributed by atoms with Gasteiger partial charge in [-0.2, -0.15) is 5.48 Å². The highest BCUT2D eigenvalue weighted by Crippen LogP contribution is 2.35. The number of ether oxygens (including phenoxy) is 2. The van der Waals surface area contributed by atoms with Crippen molar-refractivity contribution in [2.75, 3.05) is 19.8 Å². The summed E-state index contributed by atoms with van der Waals surface area (Å²) in [6, 6.07) is 0.466. The highest BCUT2D eigenvalue weighted by Gasteiger charge is 2.40. The molecule has 0 aromatic carbocycles. The Bertz CT molecular complexity index is 170. The predicted molar refractivity (Wildman–Crippen MR) is 51.7 cm³/mol. The van der Waals surface area contributed by atoms with Gasteiger partial charge in [-0.3, -0.25) is 0 Å². The van der Waals surface area contributed by atoms with E-state index in [1.165, 1.54) is 0 Å². The lowest BCUT2D eigenvalue weighted by Crippen LogP contribution is -2.42. The summed E-state index contributed by atoms with van der Waals surface area (Å²) in [5.41, 5.74) is 3.07. The Labute approximate surface area is 84.9 Å². The van der Waals surface area contributed by atoms with Crippen molar-refractivity contribution < 1.29 is 14.3 Å². The van der Waals surface area contributed by atoms with Crippen LogP contribution >= 0.6 is 0 Å². The zero-order chi connectivity index (χ0) is 9.86. The summed E-state index contributed by atoms with van der Waals surface area (Å²) in [6.45, 7) is 4.21. The smallest absolute Gasteiger partial charge is 0.168 e. The summed E-state index contributed by atoms with van der Waals surface area (Å²) < 4.78 is 11.3. The predicted octanol–water partition coefficient (Wildman–Crippen LogP) is 1.21. The van der Waals surface area contributed by atoms with E-state index in [1.807, 2.05) is 6.92 Å². The minimum absolute atomic E-state index is 0.246. The quantitative estimate of drug-likeness (QED) is 0.697. The van der Waals surface area contributed by atoms with Gasteiger partial charge >= 0.3 is 0 Å². The van der Waals surface area contributed by atoms with E-state index >= 15 is 0 Å². The van der Waals surface area contributed by atoms with Crippen molar-refractivity contribution in [2.24, 2.45) is 0 Å². The highest BCUT2D eigenvalue weighted by atomic mass is 16.7. The number of hydrogen-bond acceptors (Lipinski definition) is 4. The average molecular weight is 201 g/mol. The summed E-state index contributed by atoms with van der Waals surface area (Å²) in [5.74, 6) is -0.246. The second-order valence-electron chi connectivity index (χ2n) is 3.93. The van der Waals surface area contributed by atoms with Crippen LogP contribution in [-0.2, 0) is 14.3 Å². The molecular weight excluding hydrogens is 182 g/mol. The largest absolute Gasteiger partial charge is 0.348 e. The highest BCUT2D eigenvalue weighted by molar-refractivity contribution is 4.84. The minimum atomic E-state index is -0.246. The lowest BCUT2D eigenvalue weighted by Gasteiger charge is -2.35. The zero-order valence-electron chi connectivity index (χ0n) is 8.75. The van der Waals surface area contributed by atoms with Gasteiger partial charge in [-0.15, -0.1) is 0 Å². The Hall–Kier alpha value is -0.160. The Morgan fingerprint density at radius 3 is 2.50 bits per heavy atom. The van der Waals surface area contributed by atoms with Crippen molar-refractivity contribution in [1.82, 2.24) is 5.48 Å². The summed E-state index contributed by atoms with van der Waals surface area (Å²) >= 11 is 0. The van der Waals surface area contributed by atoms with Gasteiger partial charge in [0.1, 0.15) is 0 Å². The van der Waals surface area contributed by atoms with E-state index in [0.29, 0.717) is 12.6 Å². The second kappa shape index (κ2) is 4.57. The summed E-state index contributed by atoms with van der Waals surface area (Å²) in [4.78, 5) is 5.19. The molecule has 82 valence electrons. The molecule has 1 heterocycles. The Balaban J connectivity index is 1.74. The van der Waals surface area contributed by atoms with E-state index < -0.39 is 0 Å². The minimum Gasteiger partial charge on any atom is -0.348 e. The molecule has 4 nitrogen and oxygen atoms in total. The van der Waals surface area contributed by atoms with Crippen LogP contribution < -0.4 is 5.48 Å². The van der Waals surface area contributed by atoms with Gasteiger partial charge in [0.2, 0.25) is 0 Å². The maximum atomic E-state index is 5.64. The van der Waals surface area contributed by atoms with Crippen LogP contribution in [0.5, 0.6) is 0 Å². The first-order valence-corrected chi connectivity index (χ1v) is 5.50. The van der Waals surface area contributed by atoms with Crippen molar-refractivity contribution in [3.8, 4) is 0 Å². The fraction of sp³-hybridized carbons (Fsp3) is 1.00. The molecular formula is C10H19NO3. The lowest BCUT2D eigenvalue weighted by molar-refractivity contribution is -0.184. The Morgan fingerprint density at radius 2 is 1.93 bits per heavy atom. The van der Waals surface area contributed by atoms with Gasteiger partial charge in [-0.25, -0.2) is 0 Å². The van der Waals surface area contributed by atoms with Gasteiger partial charge in [0.25, 0.3) is 0 Å². The zero-order valence-corrected chi connectivity index (χ0v) is 8.75. The van der Waals surface area contributed by atoms with Gasteiger partial charge in [-0.1, -0.05) is 0 Å². The van der Waals surface area contributed by atoms with Crippen LogP contribution in [0.2, 0.25) is 0 Å². The molecule has 0 bridgehead atoms. The van der Waals surface area contributed by atoms with Gasteiger partial charge in [0.15, 0.2) is 5.79 Å². The monoisotopic (exact) mass is 201 g/mol. The maximum absolute atomic E-state index is 5.64. The fourth-order valence-electron chi connectivity index (χ4n) is 2.16. The van der Waals surface area contributed by atoms with Crippen LogP contribution in [0.15, 0.2) is 0 Å². The third-order valence-electron chi connectivity index (χ3n) is 2.96. The third-order valence-corrected chi connectivity index (χ3v) is 2.96. The molecule has 14 heavy (non-hydrogen) atoms. The Kier molecular flexibility index (Phi) is 3.38. The molecule has 1 aliphatic heterocycles. The molecule has 4 heteroatoms. The first-order valence-electron chi connectivity index (χ1n) is 5.50. The molecule has 2 aliphatic rings. The van der Waals surface area contributed by atoms with Crippen molar-refractivity contribution in [1.29, 1.82) is 0 Å². The van der Waals surface area contributed by atoms with E-state index in [4.69, 9.17) is 14.3 Å². The van der Waals surface area contributed by atoms with Gasteiger partial charge in [0, 0.05) is 18.9 Å². The number of nitrogens with one attached hydrogen (secondary N) is 1. The summed E-state index contributed by atoms with van der Waals surface area (Å²) in [6.07, 6.45) is 4.11. The average Bonchev–Trinajstić information content (AvgIpc) is 2.66. The Morgan fingerprint density at radius 1 is 1.29 bits per heavy atom.